The average Bonchev–Trinajstić information content (AvgIpc) is 2.12. The molecule has 1 atom stereocenters. The van der Waals surface area contributed by atoms with Crippen LogP contribution >= 0.6 is 0 Å². The number of rotatable bonds is 3. The second kappa shape index (κ2) is 4.29. The lowest BCUT2D eigenvalue weighted by atomic mass is 9.83. The summed E-state index contributed by atoms with van der Waals surface area (Å²) in [5.74, 6) is -1.52. The van der Waals surface area contributed by atoms with Gasteiger partial charge >= 0.3 is 0 Å². The van der Waals surface area contributed by atoms with Gasteiger partial charge in [-0.3, -0.25) is 4.79 Å². The van der Waals surface area contributed by atoms with Crippen LogP contribution in [0.3, 0.4) is 0 Å². The highest BCUT2D eigenvalue weighted by molar-refractivity contribution is 5.97. The van der Waals surface area contributed by atoms with Crippen molar-refractivity contribution in [3.63, 3.8) is 0 Å². The lowest BCUT2D eigenvalue weighted by molar-refractivity contribution is 0.0853. The highest BCUT2D eigenvalue weighted by Crippen LogP contribution is 2.21. The number of nitrogens with one attached hydrogen (secondary N) is 1. The molecule has 1 fully saturated rings. The van der Waals surface area contributed by atoms with Crippen molar-refractivity contribution in [2.75, 3.05) is 13.1 Å². The summed E-state index contributed by atoms with van der Waals surface area (Å²) in [7, 11) is 0. The molecule has 86 valence electrons. The van der Waals surface area contributed by atoms with Gasteiger partial charge in [0.15, 0.2) is 5.78 Å². The first-order chi connectivity index (χ1) is 7.58. The van der Waals surface area contributed by atoms with Crippen LogP contribution in [-0.2, 0) is 0 Å². The van der Waals surface area contributed by atoms with E-state index >= 15 is 0 Å². The fourth-order valence-corrected chi connectivity index (χ4v) is 1.84. The highest BCUT2D eigenvalue weighted by Gasteiger charge is 2.29. The molecule has 1 aromatic carbocycles. The van der Waals surface area contributed by atoms with Gasteiger partial charge in [0.05, 0.1) is 0 Å². The van der Waals surface area contributed by atoms with Gasteiger partial charge in [0.2, 0.25) is 0 Å². The Bertz CT molecular complexity index is 395. The number of ketones is 1. The van der Waals surface area contributed by atoms with Crippen molar-refractivity contribution in [3.05, 3.63) is 35.4 Å². The number of hydrogen-bond acceptors (Lipinski definition) is 2. The van der Waals surface area contributed by atoms with E-state index in [0.717, 1.165) is 31.3 Å². The molecule has 1 heterocycles. The van der Waals surface area contributed by atoms with Crippen LogP contribution in [0.2, 0.25) is 0 Å². The molecule has 0 spiro atoms. The standard InChI is InChI=1S/C12H13F2NO/c1-7(9-5-15-6-9)12(16)8-2-10(13)4-11(14)3-8/h2-4,7,9,15H,5-6H2,1H3. The first kappa shape index (κ1) is 11.2. The van der Waals surface area contributed by atoms with Crippen molar-refractivity contribution >= 4 is 5.78 Å². The lowest BCUT2D eigenvalue weighted by Gasteiger charge is -2.31. The molecule has 1 aliphatic rings. The van der Waals surface area contributed by atoms with E-state index in [0.29, 0.717) is 0 Å². The second-order valence-corrected chi connectivity index (χ2v) is 4.23. The van der Waals surface area contributed by atoms with Gasteiger partial charge in [-0.2, -0.15) is 0 Å². The van der Waals surface area contributed by atoms with E-state index in [2.05, 4.69) is 5.32 Å². The van der Waals surface area contributed by atoms with Crippen LogP contribution in [0.5, 0.6) is 0 Å². The van der Waals surface area contributed by atoms with Crippen molar-refractivity contribution < 1.29 is 13.6 Å². The minimum Gasteiger partial charge on any atom is -0.316 e. The van der Waals surface area contributed by atoms with Gasteiger partial charge in [0.25, 0.3) is 0 Å². The van der Waals surface area contributed by atoms with E-state index in [1.165, 1.54) is 0 Å². The summed E-state index contributed by atoms with van der Waals surface area (Å²) in [6.07, 6.45) is 0. The second-order valence-electron chi connectivity index (χ2n) is 4.23. The number of benzene rings is 1. The average molecular weight is 225 g/mol. The minimum atomic E-state index is -0.706. The van der Waals surface area contributed by atoms with E-state index in [9.17, 15) is 13.6 Å². The summed E-state index contributed by atoms with van der Waals surface area (Å²) in [6.45, 7) is 3.39. The fourth-order valence-electron chi connectivity index (χ4n) is 1.84. The summed E-state index contributed by atoms with van der Waals surface area (Å²) in [5, 5.41) is 3.07. The fraction of sp³-hybridized carbons (Fsp3) is 0.417. The molecule has 1 aliphatic heterocycles. The zero-order valence-electron chi connectivity index (χ0n) is 8.97. The van der Waals surface area contributed by atoms with Crippen molar-refractivity contribution in [1.29, 1.82) is 0 Å². The monoisotopic (exact) mass is 225 g/mol. The Kier molecular flexibility index (Phi) is 3.01. The van der Waals surface area contributed by atoms with E-state index in [4.69, 9.17) is 0 Å². The summed E-state index contributed by atoms with van der Waals surface area (Å²) < 4.78 is 25.9. The maximum Gasteiger partial charge on any atom is 0.166 e. The van der Waals surface area contributed by atoms with Crippen molar-refractivity contribution in [2.45, 2.75) is 6.92 Å². The quantitative estimate of drug-likeness (QED) is 0.797. The minimum absolute atomic E-state index is 0.122. The summed E-state index contributed by atoms with van der Waals surface area (Å²) in [6, 6.07) is 2.95. The number of Topliss-reactive ketones (excluding diaryl/α,β-unsaturated/α-hetero) is 1. The van der Waals surface area contributed by atoms with Crippen LogP contribution in [0.4, 0.5) is 8.78 Å². The van der Waals surface area contributed by atoms with Crippen LogP contribution < -0.4 is 5.32 Å². The number of halogens is 2. The molecule has 0 saturated carbocycles. The van der Waals surface area contributed by atoms with Gasteiger partial charge in [-0.25, -0.2) is 8.78 Å². The smallest absolute Gasteiger partial charge is 0.166 e. The molecule has 1 aromatic rings. The predicted octanol–water partition coefficient (Wildman–Crippen LogP) is 2.00. The van der Waals surface area contributed by atoms with Crippen LogP contribution in [-0.4, -0.2) is 18.9 Å². The molecular formula is C12H13F2NO. The molecule has 0 aromatic heterocycles. The number of carbonyl (C=O) groups excluding carboxylic acids is 1. The molecule has 0 amide bonds. The van der Waals surface area contributed by atoms with E-state index < -0.39 is 11.6 Å². The van der Waals surface area contributed by atoms with Gasteiger partial charge in [0.1, 0.15) is 11.6 Å². The number of hydrogen-bond donors (Lipinski definition) is 1. The Morgan fingerprint density at radius 1 is 1.31 bits per heavy atom. The molecule has 1 N–H and O–H groups in total. The summed E-state index contributed by atoms with van der Waals surface area (Å²) in [4.78, 5) is 11.9. The molecule has 2 nitrogen and oxygen atoms in total. The van der Waals surface area contributed by atoms with Gasteiger partial charge < -0.3 is 5.32 Å². The van der Waals surface area contributed by atoms with Crippen LogP contribution in [0.25, 0.3) is 0 Å². The molecule has 0 bridgehead atoms. The molecule has 0 radical (unpaired) electrons. The maximum absolute atomic E-state index is 12.9. The molecule has 4 heteroatoms. The Hall–Kier alpha value is -1.29. The van der Waals surface area contributed by atoms with E-state index in [-0.39, 0.29) is 23.2 Å². The molecule has 16 heavy (non-hydrogen) atoms. The predicted molar refractivity (Wildman–Crippen MR) is 56.2 cm³/mol. The van der Waals surface area contributed by atoms with Crippen molar-refractivity contribution in [1.82, 2.24) is 5.32 Å². The molecule has 1 saturated heterocycles. The third kappa shape index (κ3) is 2.11. The molecule has 0 aliphatic carbocycles. The Labute approximate surface area is 92.7 Å². The van der Waals surface area contributed by atoms with Crippen molar-refractivity contribution in [2.24, 2.45) is 11.8 Å². The SMILES string of the molecule is CC(C(=O)c1cc(F)cc(F)c1)C1CNC1. The third-order valence-electron chi connectivity index (χ3n) is 3.08. The largest absolute Gasteiger partial charge is 0.316 e. The van der Waals surface area contributed by atoms with E-state index in [1.54, 1.807) is 6.92 Å². The normalized spacial score (nSPS) is 17.9. The van der Waals surface area contributed by atoms with Crippen LogP contribution in [0.15, 0.2) is 18.2 Å². The molecule has 1 unspecified atom stereocenters. The summed E-state index contributed by atoms with van der Waals surface area (Å²) in [5.41, 5.74) is 0.122. The first-order valence-electron chi connectivity index (χ1n) is 5.29. The van der Waals surface area contributed by atoms with Gasteiger partial charge in [-0.15, -0.1) is 0 Å². The summed E-state index contributed by atoms with van der Waals surface area (Å²) >= 11 is 0. The Morgan fingerprint density at radius 2 is 1.88 bits per heavy atom. The zero-order chi connectivity index (χ0) is 11.7. The molecule has 2 rings (SSSR count). The highest BCUT2D eigenvalue weighted by atomic mass is 19.1. The van der Waals surface area contributed by atoms with E-state index in [1.807, 2.05) is 0 Å². The lowest BCUT2D eigenvalue weighted by Crippen LogP contribution is -2.47. The van der Waals surface area contributed by atoms with Gasteiger partial charge in [-0.05, 0) is 31.1 Å². The Morgan fingerprint density at radius 3 is 2.31 bits per heavy atom. The zero-order valence-corrected chi connectivity index (χ0v) is 8.97. The van der Waals surface area contributed by atoms with Crippen LogP contribution in [0.1, 0.15) is 17.3 Å². The Balaban J connectivity index is 2.19. The topological polar surface area (TPSA) is 29.1 Å². The van der Waals surface area contributed by atoms with Crippen LogP contribution in [0, 0.1) is 23.5 Å². The first-order valence-corrected chi connectivity index (χ1v) is 5.29. The maximum atomic E-state index is 12.9. The molecular weight excluding hydrogens is 212 g/mol. The third-order valence-corrected chi connectivity index (χ3v) is 3.08. The number of carbonyl (C=O) groups is 1. The van der Waals surface area contributed by atoms with Crippen molar-refractivity contribution in [3.8, 4) is 0 Å². The van der Waals surface area contributed by atoms with Gasteiger partial charge in [-0.1, -0.05) is 6.92 Å². The van der Waals surface area contributed by atoms with Gasteiger partial charge in [0, 0.05) is 17.5 Å².